The van der Waals surface area contributed by atoms with E-state index in [1.807, 2.05) is 78.3 Å². The highest BCUT2D eigenvalue weighted by molar-refractivity contribution is 5.83. The molecule has 0 fully saturated rings. The van der Waals surface area contributed by atoms with Gasteiger partial charge in [-0.2, -0.15) is 0 Å². The van der Waals surface area contributed by atoms with Crippen molar-refractivity contribution in [3.05, 3.63) is 123 Å². The Morgan fingerprint density at radius 3 is 2.27 bits per heavy atom. The van der Waals surface area contributed by atoms with Gasteiger partial charge >= 0.3 is 0 Å². The monoisotopic (exact) mass is 435 g/mol. The average molecular weight is 435 g/mol. The van der Waals surface area contributed by atoms with Crippen molar-refractivity contribution in [2.24, 2.45) is 7.05 Å². The van der Waals surface area contributed by atoms with Crippen LogP contribution in [0.15, 0.2) is 111 Å². The van der Waals surface area contributed by atoms with Crippen LogP contribution in [0.5, 0.6) is 5.75 Å². The number of fused-ring (bicyclic) bond motifs is 1. The number of aromatic nitrogens is 1. The van der Waals surface area contributed by atoms with Crippen LogP contribution >= 0.6 is 0 Å². The molecule has 0 amide bonds. The molecule has 5 aromatic rings. The standard InChI is InChI=1S/C28H21NO4/c1-29-17-28(32-18-19-8-4-2-5-9-19)25(31)15-23(29)21-12-13-26-22(14-21)24(30)16-27(33-26)20-10-6-3-7-11-20/h2-17H,18H2,1H3. The number of ether oxygens (including phenoxy) is 1. The summed E-state index contributed by atoms with van der Waals surface area (Å²) < 4.78 is 13.5. The second-order valence-corrected chi connectivity index (χ2v) is 7.82. The fourth-order valence-electron chi connectivity index (χ4n) is 3.80. The molecule has 3 aromatic carbocycles. The lowest BCUT2D eigenvalue weighted by molar-refractivity contribution is 0.301. The zero-order chi connectivity index (χ0) is 22.8. The van der Waals surface area contributed by atoms with Crippen LogP contribution in [0.1, 0.15) is 5.56 Å². The maximum absolute atomic E-state index is 12.8. The quantitative estimate of drug-likeness (QED) is 0.371. The van der Waals surface area contributed by atoms with Gasteiger partial charge in [-0.05, 0) is 29.3 Å². The van der Waals surface area contributed by atoms with Crippen molar-refractivity contribution in [1.82, 2.24) is 4.57 Å². The molecule has 5 nitrogen and oxygen atoms in total. The summed E-state index contributed by atoms with van der Waals surface area (Å²) in [5.74, 6) is 0.797. The van der Waals surface area contributed by atoms with Gasteiger partial charge < -0.3 is 13.7 Å². The van der Waals surface area contributed by atoms with Crippen molar-refractivity contribution < 1.29 is 9.15 Å². The molecule has 0 aliphatic rings. The number of aryl methyl sites for hydroxylation is 1. The van der Waals surface area contributed by atoms with E-state index in [0.29, 0.717) is 29.0 Å². The van der Waals surface area contributed by atoms with Gasteiger partial charge in [0, 0.05) is 24.7 Å². The van der Waals surface area contributed by atoms with E-state index in [0.717, 1.165) is 16.7 Å². The zero-order valence-electron chi connectivity index (χ0n) is 18.0. The van der Waals surface area contributed by atoms with Gasteiger partial charge in [0.15, 0.2) is 11.2 Å². The molecule has 162 valence electrons. The molecule has 0 spiro atoms. The average Bonchev–Trinajstić information content (AvgIpc) is 2.85. The number of benzene rings is 3. The molecule has 0 N–H and O–H groups in total. The van der Waals surface area contributed by atoms with Gasteiger partial charge in [0.1, 0.15) is 18.0 Å². The smallest absolute Gasteiger partial charge is 0.224 e. The number of nitrogens with zero attached hydrogens (tertiary/aromatic N) is 1. The molecule has 5 heteroatoms. The minimum Gasteiger partial charge on any atom is -0.483 e. The van der Waals surface area contributed by atoms with Crippen LogP contribution in [0, 0.1) is 0 Å². The van der Waals surface area contributed by atoms with E-state index in [1.165, 1.54) is 12.1 Å². The molecule has 0 aliphatic carbocycles. The predicted molar refractivity (Wildman–Crippen MR) is 129 cm³/mol. The van der Waals surface area contributed by atoms with Crippen LogP contribution in [-0.4, -0.2) is 4.57 Å². The summed E-state index contributed by atoms with van der Waals surface area (Å²) in [7, 11) is 1.84. The second-order valence-electron chi connectivity index (χ2n) is 7.82. The van der Waals surface area contributed by atoms with E-state index in [-0.39, 0.29) is 16.6 Å². The van der Waals surface area contributed by atoms with Crippen LogP contribution in [0.3, 0.4) is 0 Å². The second kappa shape index (κ2) is 8.63. The Bertz CT molecular complexity index is 1550. The van der Waals surface area contributed by atoms with Crippen LogP contribution in [0.4, 0.5) is 0 Å². The Morgan fingerprint density at radius 2 is 1.52 bits per heavy atom. The molecule has 0 atom stereocenters. The lowest BCUT2D eigenvalue weighted by atomic mass is 10.1. The first-order chi connectivity index (χ1) is 16.1. The molecule has 2 aromatic heterocycles. The van der Waals surface area contributed by atoms with Gasteiger partial charge in [0.2, 0.25) is 5.43 Å². The van der Waals surface area contributed by atoms with Gasteiger partial charge in [0.05, 0.1) is 17.3 Å². The molecule has 0 aliphatic heterocycles. The maximum Gasteiger partial charge on any atom is 0.224 e. The van der Waals surface area contributed by atoms with Crippen LogP contribution in [0.25, 0.3) is 33.6 Å². The summed E-state index contributed by atoms with van der Waals surface area (Å²) in [6.07, 6.45) is 1.67. The van der Waals surface area contributed by atoms with Gasteiger partial charge in [-0.25, -0.2) is 0 Å². The van der Waals surface area contributed by atoms with Crippen LogP contribution in [0.2, 0.25) is 0 Å². The first-order valence-electron chi connectivity index (χ1n) is 10.6. The first-order valence-corrected chi connectivity index (χ1v) is 10.6. The molecular weight excluding hydrogens is 414 g/mol. The van der Waals surface area contributed by atoms with Crippen LogP contribution in [-0.2, 0) is 13.7 Å². The third-order valence-electron chi connectivity index (χ3n) is 5.52. The lowest BCUT2D eigenvalue weighted by Gasteiger charge is -2.13. The molecule has 0 unspecified atom stereocenters. The van der Waals surface area contributed by atoms with Crippen molar-refractivity contribution in [2.75, 3.05) is 0 Å². The minimum absolute atomic E-state index is 0.134. The SMILES string of the molecule is Cn1cc(OCc2ccccc2)c(=O)cc1-c1ccc2oc(-c3ccccc3)cc(=O)c2c1. The van der Waals surface area contributed by atoms with Gasteiger partial charge in [0.25, 0.3) is 0 Å². The summed E-state index contributed by atoms with van der Waals surface area (Å²) >= 11 is 0. The van der Waals surface area contributed by atoms with Crippen molar-refractivity contribution in [2.45, 2.75) is 6.61 Å². The highest BCUT2D eigenvalue weighted by atomic mass is 16.5. The fraction of sp³-hybridized carbons (Fsp3) is 0.0714. The van der Waals surface area contributed by atoms with Gasteiger partial charge in [-0.3, -0.25) is 9.59 Å². The summed E-state index contributed by atoms with van der Waals surface area (Å²) in [5, 5.41) is 0.462. The van der Waals surface area contributed by atoms with E-state index in [1.54, 1.807) is 18.3 Å². The molecule has 0 radical (unpaired) electrons. The van der Waals surface area contributed by atoms with Crippen LogP contribution < -0.4 is 15.6 Å². The molecule has 2 heterocycles. The summed E-state index contributed by atoms with van der Waals surface area (Å²) in [5.41, 5.74) is 3.40. The van der Waals surface area contributed by atoms with E-state index in [9.17, 15) is 9.59 Å². The number of rotatable bonds is 5. The number of pyridine rings is 1. The Balaban J connectivity index is 1.48. The third-order valence-corrected chi connectivity index (χ3v) is 5.52. The zero-order valence-corrected chi connectivity index (χ0v) is 18.0. The molecule has 33 heavy (non-hydrogen) atoms. The molecule has 0 saturated carbocycles. The predicted octanol–water partition coefficient (Wildman–Crippen LogP) is 5.40. The molecule has 0 bridgehead atoms. The number of hydrogen-bond donors (Lipinski definition) is 0. The van der Waals surface area contributed by atoms with E-state index in [4.69, 9.17) is 9.15 Å². The summed E-state index contributed by atoms with van der Waals surface area (Å²) in [4.78, 5) is 25.5. The van der Waals surface area contributed by atoms with E-state index < -0.39 is 0 Å². The number of hydrogen-bond acceptors (Lipinski definition) is 4. The highest BCUT2D eigenvalue weighted by Crippen LogP contribution is 2.26. The topological polar surface area (TPSA) is 61.4 Å². The molecular formula is C28H21NO4. The normalized spacial score (nSPS) is 10.9. The van der Waals surface area contributed by atoms with Crippen molar-refractivity contribution in [1.29, 1.82) is 0 Å². The Morgan fingerprint density at radius 1 is 0.788 bits per heavy atom. The summed E-state index contributed by atoms with van der Waals surface area (Å²) in [6, 6.07) is 27.6. The van der Waals surface area contributed by atoms with Crippen molar-refractivity contribution >= 4 is 11.0 Å². The first kappa shape index (κ1) is 20.5. The Labute approximate surface area is 190 Å². The fourth-order valence-corrected chi connectivity index (χ4v) is 3.80. The maximum atomic E-state index is 12.8. The molecule has 0 saturated heterocycles. The largest absolute Gasteiger partial charge is 0.483 e. The Hall–Kier alpha value is -4.38. The Kier molecular flexibility index (Phi) is 5.37. The van der Waals surface area contributed by atoms with Crippen molar-refractivity contribution in [3.8, 4) is 28.3 Å². The van der Waals surface area contributed by atoms with Gasteiger partial charge in [-0.1, -0.05) is 60.7 Å². The molecule has 5 rings (SSSR count). The van der Waals surface area contributed by atoms with E-state index >= 15 is 0 Å². The lowest BCUT2D eigenvalue weighted by Crippen LogP contribution is -2.12. The summed E-state index contributed by atoms with van der Waals surface area (Å²) in [6.45, 7) is 0.316. The third kappa shape index (κ3) is 4.21. The van der Waals surface area contributed by atoms with Crippen molar-refractivity contribution in [3.63, 3.8) is 0 Å². The van der Waals surface area contributed by atoms with E-state index in [2.05, 4.69) is 0 Å². The minimum atomic E-state index is -0.217. The highest BCUT2D eigenvalue weighted by Gasteiger charge is 2.12. The van der Waals surface area contributed by atoms with Gasteiger partial charge in [-0.15, -0.1) is 0 Å².